The van der Waals surface area contributed by atoms with Gasteiger partial charge in [0.15, 0.2) is 0 Å². The number of halogens is 4. The van der Waals surface area contributed by atoms with Crippen LogP contribution in [0.5, 0.6) is 0 Å². The summed E-state index contributed by atoms with van der Waals surface area (Å²) in [5.41, 5.74) is -1.16. The lowest BCUT2D eigenvalue weighted by Crippen LogP contribution is -2.17. The molecule has 20 heavy (non-hydrogen) atoms. The molecule has 0 atom stereocenters. The number of alkyl halides is 3. The number of anilines is 1. The third-order valence-corrected chi connectivity index (χ3v) is 2.83. The van der Waals surface area contributed by atoms with E-state index >= 15 is 0 Å². The lowest BCUT2D eigenvalue weighted by atomic mass is 10.2. The third-order valence-electron chi connectivity index (χ3n) is 2.23. The van der Waals surface area contributed by atoms with Crippen LogP contribution in [-0.4, -0.2) is 31.1 Å². The van der Waals surface area contributed by atoms with Gasteiger partial charge in [0.2, 0.25) is 5.95 Å². The lowest BCUT2D eigenvalue weighted by Gasteiger charge is -2.08. The van der Waals surface area contributed by atoms with Crippen molar-refractivity contribution in [2.75, 3.05) is 5.32 Å². The van der Waals surface area contributed by atoms with Crippen LogP contribution in [0.4, 0.5) is 19.1 Å². The summed E-state index contributed by atoms with van der Waals surface area (Å²) in [6, 6.07) is 1.73. The molecule has 2 heterocycles. The molecule has 7 nitrogen and oxygen atoms in total. The van der Waals surface area contributed by atoms with Crippen LogP contribution in [0.1, 0.15) is 16.1 Å². The molecule has 0 aliphatic heterocycles. The maximum Gasteiger partial charge on any atom is 0.433 e. The lowest BCUT2D eigenvalue weighted by molar-refractivity contribution is -0.141. The predicted octanol–water partition coefficient (Wildman–Crippen LogP) is 1.64. The predicted molar refractivity (Wildman–Crippen MR) is 63.7 cm³/mol. The molecular formula is C9H6BrF3N6O. The number of tetrazole rings is 1. The highest BCUT2D eigenvalue weighted by atomic mass is 79.9. The van der Waals surface area contributed by atoms with E-state index in [2.05, 4.69) is 41.8 Å². The van der Waals surface area contributed by atoms with Crippen molar-refractivity contribution in [1.82, 2.24) is 25.2 Å². The Morgan fingerprint density at radius 3 is 2.60 bits per heavy atom. The maximum atomic E-state index is 12.4. The second kappa shape index (κ2) is 5.15. The normalized spacial score (nSPS) is 11.4. The summed E-state index contributed by atoms with van der Waals surface area (Å²) >= 11 is 2.83. The van der Waals surface area contributed by atoms with E-state index in [0.29, 0.717) is 6.07 Å². The second-order valence-corrected chi connectivity index (χ2v) is 4.36. The molecule has 0 saturated carbocycles. The zero-order valence-electron chi connectivity index (χ0n) is 9.81. The number of amides is 1. The molecule has 0 unspecified atom stereocenters. The zero-order valence-corrected chi connectivity index (χ0v) is 11.4. The highest BCUT2D eigenvalue weighted by molar-refractivity contribution is 9.10. The van der Waals surface area contributed by atoms with E-state index in [1.807, 2.05) is 0 Å². The minimum atomic E-state index is -4.58. The van der Waals surface area contributed by atoms with Gasteiger partial charge in [0.1, 0.15) is 10.3 Å². The van der Waals surface area contributed by atoms with E-state index in [-0.39, 0.29) is 16.1 Å². The quantitative estimate of drug-likeness (QED) is 0.832. The van der Waals surface area contributed by atoms with Crippen LogP contribution in [-0.2, 0) is 13.2 Å². The summed E-state index contributed by atoms with van der Waals surface area (Å²) < 4.78 is 38.3. The van der Waals surface area contributed by atoms with E-state index in [4.69, 9.17) is 0 Å². The van der Waals surface area contributed by atoms with Gasteiger partial charge < -0.3 is 0 Å². The van der Waals surface area contributed by atoms with Gasteiger partial charge in [-0.05, 0) is 38.5 Å². The van der Waals surface area contributed by atoms with E-state index < -0.39 is 17.8 Å². The van der Waals surface area contributed by atoms with Crippen molar-refractivity contribution in [2.24, 2.45) is 7.05 Å². The number of carbonyl (C=O) groups is 1. The first-order valence-electron chi connectivity index (χ1n) is 5.06. The van der Waals surface area contributed by atoms with Crippen molar-refractivity contribution in [3.8, 4) is 0 Å². The Labute approximate surface area is 118 Å². The molecule has 0 aliphatic rings. The minimum absolute atomic E-state index is 0.0572. The van der Waals surface area contributed by atoms with Gasteiger partial charge in [-0.2, -0.15) is 13.2 Å². The molecule has 2 rings (SSSR count). The molecule has 0 saturated heterocycles. The number of aryl methyl sites for hydroxylation is 1. The summed E-state index contributed by atoms with van der Waals surface area (Å²) in [7, 11) is 1.50. The van der Waals surface area contributed by atoms with Crippen LogP contribution in [0, 0.1) is 0 Å². The summed E-state index contributed by atoms with van der Waals surface area (Å²) in [6.45, 7) is 0. The second-order valence-electron chi connectivity index (χ2n) is 3.61. The fraction of sp³-hybridized carbons (Fsp3) is 0.222. The average Bonchev–Trinajstić information content (AvgIpc) is 2.73. The number of hydrogen-bond acceptors (Lipinski definition) is 5. The van der Waals surface area contributed by atoms with E-state index in [9.17, 15) is 18.0 Å². The first-order valence-corrected chi connectivity index (χ1v) is 5.86. The Bertz CT molecular complexity index is 655. The Balaban J connectivity index is 2.25. The molecule has 0 spiro atoms. The summed E-state index contributed by atoms with van der Waals surface area (Å²) in [5, 5.41) is 12.7. The molecule has 0 bridgehead atoms. The molecule has 11 heteroatoms. The van der Waals surface area contributed by atoms with Gasteiger partial charge in [0.05, 0.1) is 5.56 Å². The number of nitrogens with zero attached hydrogens (tertiary/aromatic N) is 5. The van der Waals surface area contributed by atoms with Crippen LogP contribution in [0.2, 0.25) is 0 Å². The van der Waals surface area contributed by atoms with Gasteiger partial charge in [-0.1, -0.05) is 5.10 Å². The van der Waals surface area contributed by atoms with Crippen molar-refractivity contribution >= 4 is 27.8 Å². The van der Waals surface area contributed by atoms with Crippen LogP contribution in [0.15, 0.2) is 16.7 Å². The summed E-state index contributed by atoms with van der Waals surface area (Å²) in [6.07, 6.45) is -4.58. The molecule has 0 fully saturated rings. The fourth-order valence-electron chi connectivity index (χ4n) is 1.27. The number of carbonyl (C=O) groups excluding carboxylic acids is 1. The monoisotopic (exact) mass is 350 g/mol. The SMILES string of the molecule is Cn1nnnc1NC(=O)c1ccc(C(F)(F)F)nc1Br. The number of aromatic nitrogens is 5. The van der Waals surface area contributed by atoms with Crippen molar-refractivity contribution in [3.05, 3.63) is 28.0 Å². The van der Waals surface area contributed by atoms with Crippen LogP contribution in [0.25, 0.3) is 0 Å². The van der Waals surface area contributed by atoms with Crippen LogP contribution < -0.4 is 5.32 Å². The van der Waals surface area contributed by atoms with Crippen LogP contribution in [0.3, 0.4) is 0 Å². The molecular weight excluding hydrogens is 345 g/mol. The number of hydrogen-bond donors (Lipinski definition) is 1. The summed E-state index contributed by atoms with van der Waals surface area (Å²) in [5.74, 6) is -0.627. The average molecular weight is 351 g/mol. The van der Waals surface area contributed by atoms with Gasteiger partial charge in [-0.25, -0.2) is 9.67 Å². The van der Waals surface area contributed by atoms with Gasteiger partial charge >= 0.3 is 6.18 Å². The highest BCUT2D eigenvalue weighted by Crippen LogP contribution is 2.29. The van der Waals surface area contributed by atoms with Crippen molar-refractivity contribution in [2.45, 2.75) is 6.18 Å². The van der Waals surface area contributed by atoms with Crippen molar-refractivity contribution < 1.29 is 18.0 Å². The van der Waals surface area contributed by atoms with E-state index in [0.717, 1.165) is 6.07 Å². The third kappa shape index (κ3) is 2.92. The zero-order chi connectivity index (χ0) is 14.9. The largest absolute Gasteiger partial charge is 0.433 e. The Morgan fingerprint density at radius 2 is 2.10 bits per heavy atom. The molecule has 0 aliphatic carbocycles. The topological polar surface area (TPSA) is 85.6 Å². The number of rotatable bonds is 2. The van der Waals surface area contributed by atoms with Crippen molar-refractivity contribution in [1.29, 1.82) is 0 Å². The van der Waals surface area contributed by atoms with Crippen molar-refractivity contribution in [3.63, 3.8) is 0 Å². The molecule has 106 valence electrons. The minimum Gasteiger partial charge on any atom is -0.289 e. The molecule has 0 radical (unpaired) electrons. The van der Waals surface area contributed by atoms with Gasteiger partial charge in [0.25, 0.3) is 5.91 Å². The summed E-state index contributed by atoms with van der Waals surface area (Å²) in [4.78, 5) is 15.2. The molecule has 2 aromatic rings. The smallest absolute Gasteiger partial charge is 0.289 e. The standard InChI is InChI=1S/C9H6BrF3N6O/c1-19-8(16-17-18-19)15-7(20)4-2-3-5(9(11,12)13)14-6(4)10/h2-3H,1H3,(H,15,16,18,20). The Kier molecular flexibility index (Phi) is 3.70. The molecule has 2 aromatic heterocycles. The Morgan fingerprint density at radius 1 is 1.40 bits per heavy atom. The maximum absolute atomic E-state index is 12.4. The highest BCUT2D eigenvalue weighted by Gasteiger charge is 2.33. The van der Waals surface area contributed by atoms with Gasteiger partial charge in [-0.3, -0.25) is 10.1 Å². The van der Waals surface area contributed by atoms with E-state index in [1.165, 1.54) is 11.7 Å². The molecule has 1 amide bonds. The van der Waals surface area contributed by atoms with Gasteiger partial charge in [0, 0.05) is 7.05 Å². The van der Waals surface area contributed by atoms with E-state index in [1.54, 1.807) is 0 Å². The molecule has 0 aromatic carbocycles. The van der Waals surface area contributed by atoms with Gasteiger partial charge in [-0.15, -0.1) is 0 Å². The number of pyridine rings is 1. The molecule has 1 N–H and O–H groups in total. The first-order chi connectivity index (χ1) is 9.29. The number of nitrogens with one attached hydrogen (secondary N) is 1. The fourth-order valence-corrected chi connectivity index (χ4v) is 1.77. The first kappa shape index (κ1) is 14.4. The van der Waals surface area contributed by atoms with Crippen LogP contribution >= 0.6 is 15.9 Å². The Hall–Kier alpha value is -2.04.